The Morgan fingerprint density at radius 1 is 1.06 bits per heavy atom. The van der Waals surface area contributed by atoms with E-state index >= 15 is 0 Å². The standard InChI is InChI=1S/C9H11F6NO/c10-8(11,12)5-2-1-3-6(4-5)16-7(17)9(13,14)15/h5-6H,1-4H2,(H,16,17). The third-order valence-corrected chi connectivity index (χ3v) is 2.73. The van der Waals surface area contributed by atoms with E-state index in [1.807, 2.05) is 0 Å². The highest BCUT2D eigenvalue weighted by Crippen LogP contribution is 2.37. The number of carbonyl (C=O) groups excluding carboxylic acids is 1. The molecule has 0 aliphatic heterocycles. The Morgan fingerprint density at radius 3 is 2.12 bits per heavy atom. The van der Waals surface area contributed by atoms with Crippen molar-refractivity contribution in [3.63, 3.8) is 0 Å². The maximum Gasteiger partial charge on any atom is 0.471 e. The largest absolute Gasteiger partial charge is 0.471 e. The number of alkyl halides is 6. The van der Waals surface area contributed by atoms with Gasteiger partial charge in [-0.05, 0) is 19.3 Å². The second-order valence-electron chi connectivity index (χ2n) is 4.07. The molecule has 0 heterocycles. The van der Waals surface area contributed by atoms with Gasteiger partial charge in [0.15, 0.2) is 0 Å². The van der Waals surface area contributed by atoms with Gasteiger partial charge in [0.1, 0.15) is 0 Å². The zero-order valence-electron chi connectivity index (χ0n) is 8.66. The summed E-state index contributed by atoms with van der Waals surface area (Å²) >= 11 is 0. The fourth-order valence-corrected chi connectivity index (χ4v) is 1.89. The summed E-state index contributed by atoms with van der Waals surface area (Å²) < 4.78 is 72.8. The second kappa shape index (κ2) is 4.73. The number of amides is 1. The van der Waals surface area contributed by atoms with Crippen LogP contribution in [0.2, 0.25) is 0 Å². The third kappa shape index (κ3) is 4.08. The van der Waals surface area contributed by atoms with Crippen LogP contribution in [0.4, 0.5) is 26.3 Å². The first-order valence-corrected chi connectivity index (χ1v) is 5.05. The third-order valence-electron chi connectivity index (χ3n) is 2.73. The van der Waals surface area contributed by atoms with Crippen LogP contribution in [0.3, 0.4) is 0 Å². The molecular formula is C9H11F6NO. The van der Waals surface area contributed by atoms with E-state index in [1.54, 1.807) is 5.32 Å². The lowest BCUT2D eigenvalue weighted by atomic mass is 9.85. The van der Waals surface area contributed by atoms with Crippen molar-refractivity contribution in [2.24, 2.45) is 5.92 Å². The van der Waals surface area contributed by atoms with Crippen LogP contribution >= 0.6 is 0 Å². The summed E-state index contributed by atoms with van der Waals surface area (Å²) in [6.45, 7) is 0. The molecule has 1 amide bonds. The van der Waals surface area contributed by atoms with Crippen LogP contribution in [0.1, 0.15) is 25.7 Å². The number of hydrogen-bond donors (Lipinski definition) is 1. The predicted molar refractivity (Wildman–Crippen MR) is 46.0 cm³/mol. The molecule has 1 aliphatic carbocycles. The van der Waals surface area contributed by atoms with Gasteiger partial charge in [0.2, 0.25) is 0 Å². The first-order chi connectivity index (χ1) is 7.60. The first-order valence-electron chi connectivity index (χ1n) is 5.05. The average Bonchev–Trinajstić information content (AvgIpc) is 2.15. The molecule has 100 valence electrons. The van der Waals surface area contributed by atoms with Gasteiger partial charge in [0, 0.05) is 6.04 Å². The van der Waals surface area contributed by atoms with E-state index in [-0.39, 0.29) is 19.3 Å². The summed E-state index contributed by atoms with van der Waals surface area (Å²) in [5, 5.41) is 1.60. The van der Waals surface area contributed by atoms with Crippen molar-refractivity contribution >= 4 is 5.91 Å². The molecule has 0 bridgehead atoms. The molecule has 2 atom stereocenters. The highest BCUT2D eigenvalue weighted by molar-refractivity contribution is 5.81. The molecule has 0 aromatic heterocycles. The zero-order valence-corrected chi connectivity index (χ0v) is 8.66. The van der Waals surface area contributed by atoms with Crippen molar-refractivity contribution in [3.05, 3.63) is 0 Å². The monoisotopic (exact) mass is 263 g/mol. The minimum Gasteiger partial charge on any atom is -0.346 e. The first kappa shape index (κ1) is 14.1. The quantitative estimate of drug-likeness (QED) is 0.724. The molecule has 0 aromatic rings. The van der Waals surface area contributed by atoms with Crippen LogP contribution in [-0.2, 0) is 4.79 Å². The fraction of sp³-hybridized carbons (Fsp3) is 0.889. The van der Waals surface area contributed by atoms with Crippen LogP contribution in [0.15, 0.2) is 0 Å². The number of halogens is 6. The SMILES string of the molecule is O=C(NC1CCCC(C(F)(F)F)C1)C(F)(F)F. The number of hydrogen-bond acceptors (Lipinski definition) is 1. The molecule has 1 fully saturated rings. The van der Waals surface area contributed by atoms with Crippen molar-refractivity contribution in [2.45, 2.75) is 44.1 Å². The van der Waals surface area contributed by atoms with E-state index in [1.165, 1.54) is 0 Å². The van der Waals surface area contributed by atoms with Crippen molar-refractivity contribution < 1.29 is 31.1 Å². The Morgan fingerprint density at radius 2 is 1.65 bits per heavy atom. The Balaban J connectivity index is 2.54. The summed E-state index contributed by atoms with van der Waals surface area (Å²) in [6, 6.07) is -1.05. The summed E-state index contributed by atoms with van der Waals surface area (Å²) in [4.78, 5) is 10.6. The van der Waals surface area contributed by atoms with Crippen LogP contribution < -0.4 is 5.32 Å². The second-order valence-corrected chi connectivity index (χ2v) is 4.07. The molecule has 1 aliphatic rings. The zero-order chi connectivity index (χ0) is 13.3. The minimum absolute atomic E-state index is 0.0953. The topological polar surface area (TPSA) is 29.1 Å². The van der Waals surface area contributed by atoms with Gasteiger partial charge in [0.25, 0.3) is 0 Å². The minimum atomic E-state index is -5.05. The molecule has 2 nitrogen and oxygen atoms in total. The number of carbonyl (C=O) groups is 1. The van der Waals surface area contributed by atoms with Crippen molar-refractivity contribution in [3.8, 4) is 0 Å². The van der Waals surface area contributed by atoms with Crippen LogP contribution in [0, 0.1) is 5.92 Å². The Kier molecular flexibility index (Phi) is 3.93. The van der Waals surface area contributed by atoms with Gasteiger partial charge in [-0.25, -0.2) is 0 Å². The molecule has 0 spiro atoms. The molecule has 1 saturated carbocycles. The lowest BCUT2D eigenvalue weighted by Gasteiger charge is -2.31. The van der Waals surface area contributed by atoms with E-state index < -0.39 is 36.6 Å². The van der Waals surface area contributed by atoms with E-state index in [2.05, 4.69) is 0 Å². The molecule has 0 saturated heterocycles. The molecular weight excluding hydrogens is 252 g/mol. The normalized spacial score (nSPS) is 26.7. The van der Waals surface area contributed by atoms with Crippen LogP contribution in [-0.4, -0.2) is 24.3 Å². The summed E-state index contributed by atoms with van der Waals surface area (Å²) in [5.74, 6) is -3.81. The Bertz CT molecular complexity index is 284. The van der Waals surface area contributed by atoms with E-state index in [0.717, 1.165) is 0 Å². The highest BCUT2D eigenvalue weighted by atomic mass is 19.4. The van der Waals surface area contributed by atoms with Crippen LogP contribution in [0.25, 0.3) is 0 Å². The van der Waals surface area contributed by atoms with Gasteiger partial charge >= 0.3 is 18.3 Å². The number of rotatable bonds is 1. The van der Waals surface area contributed by atoms with Gasteiger partial charge in [-0.1, -0.05) is 6.42 Å². The highest BCUT2D eigenvalue weighted by Gasteiger charge is 2.45. The van der Waals surface area contributed by atoms with Gasteiger partial charge in [0.05, 0.1) is 5.92 Å². The van der Waals surface area contributed by atoms with Gasteiger partial charge in [-0.3, -0.25) is 4.79 Å². The lowest BCUT2D eigenvalue weighted by Crippen LogP contribution is -2.46. The fourth-order valence-electron chi connectivity index (χ4n) is 1.89. The predicted octanol–water partition coefficient (Wildman–Crippen LogP) is 2.79. The van der Waals surface area contributed by atoms with Crippen molar-refractivity contribution in [1.29, 1.82) is 0 Å². The lowest BCUT2D eigenvalue weighted by molar-refractivity contribution is -0.187. The van der Waals surface area contributed by atoms with E-state index in [9.17, 15) is 31.1 Å². The molecule has 2 unspecified atom stereocenters. The molecule has 0 aromatic carbocycles. The maximum absolute atomic E-state index is 12.4. The Labute approximate surface area is 93.4 Å². The summed E-state index contributed by atoms with van der Waals surface area (Å²) in [7, 11) is 0. The molecule has 1 N–H and O–H groups in total. The van der Waals surface area contributed by atoms with E-state index in [4.69, 9.17) is 0 Å². The van der Waals surface area contributed by atoms with Gasteiger partial charge in [-0.2, -0.15) is 26.3 Å². The molecule has 8 heteroatoms. The Hall–Kier alpha value is -0.950. The summed E-state index contributed by atoms with van der Waals surface area (Å²) in [5.41, 5.74) is 0. The average molecular weight is 263 g/mol. The van der Waals surface area contributed by atoms with Gasteiger partial charge in [-0.15, -0.1) is 0 Å². The van der Waals surface area contributed by atoms with Gasteiger partial charge < -0.3 is 5.32 Å². The van der Waals surface area contributed by atoms with Crippen molar-refractivity contribution in [1.82, 2.24) is 5.32 Å². The molecule has 17 heavy (non-hydrogen) atoms. The number of nitrogens with one attached hydrogen (secondary N) is 1. The maximum atomic E-state index is 12.4. The summed E-state index contributed by atoms with van der Waals surface area (Å²) in [6.07, 6.45) is -9.73. The van der Waals surface area contributed by atoms with Crippen molar-refractivity contribution in [2.75, 3.05) is 0 Å². The van der Waals surface area contributed by atoms with Crippen LogP contribution in [0.5, 0.6) is 0 Å². The van der Waals surface area contributed by atoms with E-state index in [0.29, 0.717) is 0 Å². The molecule has 1 rings (SSSR count). The molecule has 0 radical (unpaired) electrons. The smallest absolute Gasteiger partial charge is 0.346 e.